The van der Waals surface area contributed by atoms with Crippen molar-refractivity contribution in [3.8, 4) is 0 Å². The van der Waals surface area contributed by atoms with E-state index in [1.807, 2.05) is 48.7 Å². The average molecular weight is 292 g/mol. The lowest BCUT2D eigenvalue weighted by Gasteiger charge is -2.28. The van der Waals surface area contributed by atoms with Crippen LogP contribution in [0.15, 0.2) is 55.1 Å². The molecule has 0 bridgehead atoms. The van der Waals surface area contributed by atoms with Gasteiger partial charge in [0.05, 0.1) is 30.5 Å². The van der Waals surface area contributed by atoms with E-state index in [0.717, 1.165) is 35.0 Å². The molecule has 110 valence electrons. The molecular formula is C16H16N6. The number of H-pyrrole nitrogens is 1. The van der Waals surface area contributed by atoms with Crippen LogP contribution in [0.4, 0.5) is 5.82 Å². The fourth-order valence-electron chi connectivity index (χ4n) is 2.60. The quantitative estimate of drug-likeness (QED) is 0.779. The molecule has 1 aliphatic rings. The molecule has 0 aliphatic carbocycles. The molecular weight excluding hydrogens is 276 g/mol. The number of hydrogen-bond acceptors (Lipinski definition) is 4. The standard InChI is InChI=1S/C16H16N6/c1-12-7-16(19-18-12)20-21-9-14-8-17-11-22(14)15(10-21)13-5-3-2-4-6-13/h2-8,10-11H,9H2,1H3,(H2,18,19,20). The van der Waals surface area contributed by atoms with Gasteiger partial charge >= 0.3 is 0 Å². The first-order valence-corrected chi connectivity index (χ1v) is 7.14. The van der Waals surface area contributed by atoms with E-state index >= 15 is 0 Å². The molecule has 6 nitrogen and oxygen atoms in total. The predicted octanol–water partition coefficient (Wildman–Crippen LogP) is 2.60. The lowest BCUT2D eigenvalue weighted by molar-refractivity contribution is 0.419. The monoisotopic (exact) mass is 292 g/mol. The Labute approximate surface area is 128 Å². The first-order chi connectivity index (χ1) is 10.8. The summed E-state index contributed by atoms with van der Waals surface area (Å²) in [5.74, 6) is 0.800. The summed E-state index contributed by atoms with van der Waals surface area (Å²) in [6, 6.07) is 12.3. The van der Waals surface area contributed by atoms with E-state index in [2.05, 4.69) is 43.5 Å². The van der Waals surface area contributed by atoms with Gasteiger partial charge in [-0.1, -0.05) is 30.3 Å². The number of fused-ring (bicyclic) bond motifs is 1. The molecule has 0 spiro atoms. The Kier molecular flexibility index (Phi) is 2.93. The number of hydrogen-bond donors (Lipinski definition) is 2. The van der Waals surface area contributed by atoms with Crippen molar-refractivity contribution in [3.05, 3.63) is 72.1 Å². The number of aryl methyl sites for hydroxylation is 1. The van der Waals surface area contributed by atoms with Crippen LogP contribution in [0.1, 0.15) is 17.0 Å². The molecule has 22 heavy (non-hydrogen) atoms. The number of aromatic nitrogens is 4. The van der Waals surface area contributed by atoms with Crippen molar-refractivity contribution in [2.75, 3.05) is 5.43 Å². The highest BCUT2D eigenvalue weighted by Gasteiger charge is 2.18. The van der Waals surface area contributed by atoms with Crippen molar-refractivity contribution in [2.24, 2.45) is 0 Å². The SMILES string of the molecule is Cc1cc(NN2C=C(c3ccccc3)n3cncc3C2)n[nH]1. The van der Waals surface area contributed by atoms with E-state index < -0.39 is 0 Å². The van der Waals surface area contributed by atoms with Crippen LogP contribution < -0.4 is 5.43 Å². The van der Waals surface area contributed by atoms with Gasteiger partial charge < -0.3 is 0 Å². The summed E-state index contributed by atoms with van der Waals surface area (Å²) in [6.45, 7) is 2.71. The van der Waals surface area contributed by atoms with Gasteiger partial charge in [-0.25, -0.2) is 4.98 Å². The minimum Gasteiger partial charge on any atom is -0.299 e. The molecule has 0 radical (unpaired) electrons. The Bertz CT molecular complexity index is 814. The second-order valence-corrected chi connectivity index (χ2v) is 5.31. The van der Waals surface area contributed by atoms with Gasteiger partial charge in [0.1, 0.15) is 0 Å². The minimum absolute atomic E-state index is 0.724. The number of nitrogens with zero attached hydrogens (tertiary/aromatic N) is 4. The molecule has 0 saturated carbocycles. The van der Waals surface area contributed by atoms with E-state index in [0.29, 0.717) is 0 Å². The van der Waals surface area contributed by atoms with Crippen LogP contribution in [-0.2, 0) is 6.54 Å². The normalized spacial score (nSPS) is 13.7. The number of anilines is 1. The van der Waals surface area contributed by atoms with Gasteiger partial charge in [-0.05, 0) is 6.92 Å². The van der Waals surface area contributed by atoms with Crippen LogP contribution in [0.5, 0.6) is 0 Å². The summed E-state index contributed by atoms with van der Waals surface area (Å²) >= 11 is 0. The fraction of sp³-hybridized carbons (Fsp3) is 0.125. The summed E-state index contributed by atoms with van der Waals surface area (Å²) in [4.78, 5) is 4.27. The molecule has 4 rings (SSSR count). The van der Waals surface area contributed by atoms with E-state index in [1.165, 1.54) is 0 Å². The van der Waals surface area contributed by atoms with Gasteiger partial charge in [-0.3, -0.25) is 20.1 Å². The van der Waals surface area contributed by atoms with Gasteiger partial charge in [0.2, 0.25) is 0 Å². The molecule has 0 unspecified atom stereocenters. The Hall–Kier alpha value is -3.02. The third kappa shape index (κ3) is 2.24. The average Bonchev–Trinajstić information content (AvgIpc) is 3.16. The molecule has 2 aromatic heterocycles. The van der Waals surface area contributed by atoms with Crippen molar-refractivity contribution in [3.63, 3.8) is 0 Å². The van der Waals surface area contributed by atoms with E-state index in [9.17, 15) is 0 Å². The topological polar surface area (TPSA) is 61.8 Å². The smallest absolute Gasteiger partial charge is 0.166 e. The fourth-order valence-corrected chi connectivity index (χ4v) is 2.60. The molecule has 0 saturated heterocycles. The van der Waals surface area contributed by atoms with Crippen molar-refractivity contribution in [1.82, 2.24) is 24.8 Å². The summed E-state index contributed by atoms with van der Waals surface area (Å²) in [5.41, 5.74) is 7.68. The molecule has 3 heterocycles. The van der Waals surface area contributed by atoms with Crippen molar-refractivity contribution in [2.45, 2.75) is 13.5 Å². The van der Waals surface area contributed by atoms with Crippen LogP contribution in [-0.4, -0.2) is 24.8 Å². The number of benzene rings is 1. The van der Waals surface area contributed by atoms with Crippen molar-refractivity contribution in [1.29, 1.82) is 0 Å². The lowest BCUT2D eigenvalue weighted by atomic mass is 10.1. The summed E-state index contributed by atoms with van der Waals surface area (Å²) in [5, 5.41) is 9.18. The highest BCUT2D eigenvalue weighted by Crippen LogP contribution is 2.25. The van der Waals surface area contributed by atoms with Gasteiger partial charge in [-0.2, -0.15) is 5.10 Å². The maximum Gasteiger partial charge on any atom is 0.166 e. The molecule has 6 heteroatoms. The summed E-state index contributed by atoms with van der Waals surface area (Å²) < 4.78 is 2.11. The molecule has 1 aromatic carbocycles. The predicted molar refractivity (Wildman–Crippen MR) is 84.5 cm³/mol. The maximum atomic E-state index is 4.27. The van der Waals surface area contributed by atoms with Crippen molar-refractivity contribution >= 4 is 11.5 Å². The zero-order chi connectivity index (χ0) is 14.9. The first-order valence-electron chi connectivity index (χ1n) is 7.14. The van der Waals surface area contributed by atoms with E-state index in [-0.39, 0.29) is 0 Å². The number of nitrogens with one attached hydrogen (secondary N) is 2. The second-order valence-electron chi connectivity index (χ2n) is 5.31. The minimum atomic E-state index is 0.724. The number of rotatable bonds is 3. The Balaban J connectivity index is 1.70. The maximum absolute atomic E-state index is 4.27. The van der Waals surface area contributed by atoms with Gasteiger partial charge in [0.25, 0.3) is 0 Å². The van der Waals surface area contributed by atoms with Gasteiger partial charge in [-0.15, -0.1) is 0 Å². The van der Waals surface area contributed by atoms with Gasteiger partial charge in [0, 0.05) is 23.5 Å². The summed E-state index contributed by atoms with van der Waals surface area (Å²) in [7, 11) is 0. The van der Waals surface area contributed by atoms with E-state index in [1.54, 1.807) is 0 Å². The molecule has 3 aromatic rings. The number of imidazole rings is 1. The Morgan fingerprint density at radius 3 is 2.86 bits per heavy atom. The number of hydrazine groups is 1. The van der Waals surface area contributed by atoms with Crippen molar-refractivity contribution < 1.29 is 0 Å². The van der Waals surface area contributed by atoms with E-state index in [4.69, 9.17) is 0 Å². The molecule has 1 aliphatic heterocycles. The van der Waals surface area contributed by atoms with Crippen LogP contribution in [0.3, 0.4) is 0 Å². The zero-order valence-electron chi connectivity index (χ0n) is 12.2. The van der Waals surface area contributed by atoms with Crippen LogP contribution >= 0.6 is 0 Å². The Morgan fingerprint density at radius 1 is 1.23 bits per heavy atom. The molecule has 0 amide bonds. The highest BCUT2D eigenvalue weighted by molar-refractivity contribution is 5.67. The van der Waals surface area contributed by atoms with Crippen LogP contribution in [0.25, 0.3) is 5.70 Å². The van der Waals surface area contributed by atoms with Gasteiger partial charge in [0.15, 0.2) is 5.82 Å². The lowest BCUT2D eigenvalue weighted by Crippen LogP contribution is -2.29. The first kappa shape index (κ1) is 12.7. The largest absolute Gasteiger partial charge is 0.299 e. The number of aromatic amines is 1. The summed E-state index contributed by atoms with van der Waals surface area (Å²) in [6.07, 6.45) is 5.82. The Morgan fingerprint density at radius 2 is 2.09 bits per heavy atom. The second kappa shape index (κ2) is 5.07. The molecule has 0 atom stereocenters. The molecule has 0 fully saturated rings. The third-order valence-corrected chi connectivity index (χ3v) is 3.62. The third-order valence-electron chi connectivity index (χ3n) is 3.62. The zero-order valence-corrected chi connectivity index (χ0v) is 12.2. The van der Waals surface area contributed by atoms with Crippen LogP contribution in [0.2, 0.25) is 0 Å². The highest BCUT2D eigenvalue weighted by atomic mass is 15.5. The van der Waals surface area contributed by atoms with Crippen LogP contribution in [0, 0.1) is 6.92 Å². The molecule has 2 N–H and O–H groups in total.